The van der Waals surface area contributed by atoms with Crippen LogP contribution in [0.2, 0.25) is 5.02 Å². The van der Waals surface area contributed by atoms with Gasteiger partial charge in [-0.1, -0.05) is 25.4 Å². The summed E-state index contributed by atoms with van der Waals surface area (Å²) in [6, 6.07) is 9.05. The first-order valence-electron chi connectivity index (χ1n) is 8.45. The summed E-state index contributed by atoms with van der Waals surface area (Å²) in [6.45, 7) is 4.55. The van der Waals surface area contributed by atoms with Crippen molar-refractivity contribution in [3.63, 3.8) is 0 Å². The fourth-order valence-electron chi connectivity index (χ4n) is 2.36. The van der Waals surface area contributed by atoms with Crippen LogP contribution in [-0.2, 0) is 10.0 Å². The number of halogens is 2. The number of carbonyl (C=O) groups is 1. The quantitative estimate of drug-likeness (QED) is 0.745. The number of hydrogen-bond acceptors (Lipinski definition) is 3. The molecule has 1 N–H and O–H groups in total. The first-order chi connectivity index (χ1) is 12.6. The number of benzene rings is 2. The van der Waals surface area contributed by atoms with Crippen LogP contribution in [-0.4, -0.2) is 27.9 Å². The summed E-state index contributed by atoms with van der Waals surface area (Å²) in [5, 5.41) is 2.91. The third-order valence-corrected chi connectivity index (χ3v) is 6.15. The zero-order valence-corrected chi connectivity index (χ0v) is 16.9. The summed E-state index contributed by atoms with van der Waals surface area (Å²) in [7, 11) is -2.58. The minimum Gasteiger partial charge on any atom is -0.352 e. The van der Waals surface area contributed by atoms with Crippen molar-refractivity contribution in [2.45, 2.75) is 25.2 Å². The number of carbonyl (C=O) groups excluding carboxylic acids is 1. The minimum atomic E-state index is -3.94. The Balaban J connectivity index is 2.29. The monoisotopic (exact) mass is 412 g/mol. The summed E-state index contributed by atoms with van der Waals surface area (Å²) in [6.07, 6.45) is 0.800. The van der Waals surface area contributed by atoms with Crippen molar-refractivity contribution in [3.8, 4) is 0 Å². The van der Waals surface area contributed by atoms with Crippen molar-refractivity contribution < 1.29 is 17.6 Å². The third-order valence-electron chi connectivity index (χ3n) is 4.04. The molecule has 0 atom stereocenters. The summed E-state index contributed by atoms with van der Waals surface area (Å²) >= 11 is 6.09. The smallest absolute Gasteiger partial charge is 0.264 e. The highest BCUT2D eigenvalue weighted by atomic mass is 35.5. The molecule has 0 aliphatic heterocycles. The Kier molecular flexibility index (Phi) is 6.84. The highest BCUT2D eigenvalue weighted by Crippen LogP contribution is 2.26. The molecule has 1 amide bonds. The summed E-state index contributed by atoms with van der Waals surface area (Å²) in [4.78, 5) is 12.3. The van der Waals surface area contributed by atoms with Crippen molar-refractivity contribution in [1.29, 1.82) is 0 Å². The maximum absolute atomic E-state index is 13.1. The lowest BCUT2D eigenvalue weighted by Gasteiger charge is -2.20. The molecule has 0 aromatic heterocycles. The van der Waals surface area contributed by atoms with Gasteiger partial charge in [0.1, 0.15) is 5.82 Å². The number of nitrogens with one attached hydrogen (secondary N) is 1. The summed E-state index contributed by atoms with van der Waals surface area (Å²) in [5.41, 5.74) is 0.392. The Hall–Kier alpha value is -2.12. The Bertz CT molecular complexity index is 915. The Labute approximate surface area is 164 Å². The van der Waals surface area contributed by atoms with Gasteiger partial charge in [0.05, 0.1) is 21.2 Å². The van der Waals surface area contributed by atoms with E-state index in [1.807, 2.05) is 13.8 Å². The second kappa shape index (κ2) is 8.71. The highest BCUT2D eigenvalue weighted by Gasteiger charge is 2.23. The Morgan fingerprint density at radius 2 is 1.81 bits per heavy atom. The third kappa shape index (κ3) is 5.20. The molecule has 0 unspecified atom stereocenters. The molecule has 0 saturated heterocycles. The zero-order valence-electron chi connectivity index (χ0n) is 15.4. The van der Waals surface area contributed by atoms with Crippen molar-refractivity contribution in [1.82, 2.24) is 5.32 Å². The molecule has 0 aliphatic rings. The van der Waals surface area contributed by atoms with Crippen LogP contribution in [0.3, 0.4) is 0 Å². The van der Waals surface area contributed by atoms with Crippen molar-refractivity contribution in [2.75, 3.05) is 17.9 Å². The van der Waals surface area contributed by atoms with Crippen LogP contribution in [0.5, 0.6) is 0 Å². The van der Waals surface area contributed by atoms with Crippen LogP contribution in [0.25, 0.3) is 0 Å². The van der Waals surface area contributed by atoms with Crippen LogP contribution in [0, 0.1) is 11.7 Å². The molecule has 0 aliphatic carbocycles. The number of amides is 1. The molecule has 0 heterocycles. The maximum atomic E-state index is 13.1. The molecule has 27 heavy (non-hydrogen) atoms. The number of anilines is 1. The lowest BCUT2D eigenvalue weighted by Crippen LogP contribution is -2.28. The fourth-order valence-corrected chi connectivity index (χ4v) is 3.78. The lowest BCUT2D eigenvalue weighted by atomic mass is 10.1. The molecular formula is C19H22ClFN2O3S. The highest BCUT2D eigenvalue weighted by molar-refractivity contribution is 7.92. The van der Waals surface area contributed by atoms with E-state index >= 15 is 0 Å². The van der Waals surface area contributed by atoms with Gasteiger partial charge in [-0.25, -0.2) is 12.8 Å². The van der Waals surface area contributed by atoms with Crippen LogP contribution in [0.15, 0.2) is 47.4 Å². The maximum Gasteiger partial charge on any atom is 0.264 e. The molecule has 2 aromatic rings. The van der Waals surface area contributed by atoms with Gasteiger partial charge in [0, 0.05) is 13.6 Å². The number of hydrogen-bond donors (Lipinski definition) is 1. The zero-order chi connectivity index (χ0) is 20.2. The average Bonchev–Trinajstić information content (AvgIpc) is 2.61. The van der Waals surface area contributed by atoms with E-state index in [0.29, 0.717) is 18.2 Å². The van der Waals surface area contributed by atoms with Crippen molar-refractivity contribution in [3.05, 3.63) is 58.9 Å². The van der Waals surface area contributed by atoms with Crippen molar-refractivity contribution >= 4 is 33.2 Å². The van der Waals surface area contributed by atoms with Gasteiger partial charge in [0.25, 0.3) is 15.9 Å². The van der Waals surface area contributed by atoms with Gasteiger partial charge in [0.2, 0.25) is 0 Å². The van der Waals surface area contributed by atoms with E-state index in [1.54, 1.807) is 0 Å². The van der Waals surface area contributed by atoms with E-state index in [9.17, 15) is 17.6 Å². The summed E-state index contributed by atoms with van der Waals surface area (Å²) < 4.78 is 39.8. The van der Waals surface area contributed by atoms with Gasteiger partial charge in [-0.2, -0.15) is 0 Å². The average molecular weight is 413 g/mol. The fraction of sp³-hybridized carbons (Fsp3) is 0.316. The van der Waals surface area contributed by atoms with Crippen LogP contribution in [0.4, 0.5) is 10.1 Å². The van der Waals surface area contributed by atoms with E-state index in [-0.39, 0.29) is 15.5 Å². The van der Waals surface area contributed by atoms with Gasteiger partial charge in [0.15, 0.2) is 0 Å². The number of nitrogens with zero attached hydrogens (tertiary/aromatic N) is 1. The molecule has 0 saturated carbocycles. The molecule has 146 valence electrons. The van der Waals surface area contributed by atoms with Gasteiger partial charge < -0.3 is 5.32 Å². The Morgan fingerprint density at radius 1 is 1.19 bits per heavy atom. The second-order valence-electron chi connectivity index (χ2n) is 6.53. The number of sulfonamides is 1. The van der Waals surface area contributed by atoms with Gasteiger partial charge in [-0.3, -0.25) is 9.10 Å². The molecule has 0 fully saturated rings. The standard InChI is InChI=1S/C19H22ClFN2O3S/c1-13(2)10-11-22-19(24)17-12-16(8-9-18(17)20)27(25,26)23(3)15-6-4-14(21)5-7-15/h4-9,12-13H,10-11H2,1-3H3,(H,22,24). The summed E-state index contributed by atoms with van der Waals surface area (Å²) in [5.74, 6) is -0.463. The van der Waals surface area contributed by atoms with E-state index < -0.39 is 21.7 Å². The predicted octanol–water partition coefficient (Wildman–Crippen LogP) is 4.08. The van der Waals surface area contributed by atoms with E-state index in [1.165, 1.54) is 49.5 Å². The molecule has 8 heteroatoms. The van der Waals surface area contributed by atoms with Gasteiger partial charge >= 0.3 is 0 Å². The topological polar surface area (TPSA) is 66.5 Å². The molecule has 2 aromatic carbocycles. The van der Waals surface area contributed by atoms with E-state index in [0.717, 1.165) is 10.7 Å². The second-order valence-corrected chi connectivity index (χ2v) is 8.91. The SMILES string of the molecule is CC(C)CCNC(=O)c1cc(S(=O)(=O)N(C)c2ccc(F)cc2)ccc1Cl. The largest absolute Gasteiger partial charge is 0.352 e. The van der Waals surface area contributed by atoms with Crippen LogP contribution >= 0.6 is 11.6 Å². The first kappa shape index (κ1) is 21.2. The van der Waals surface area contributed by atoms with Crippen LogP contribution in [0.1, 0.15) is 30.6 Å². The van der Waals surface area contributed by atoms with E-state index in [4.69, 9.17) is 11.6 Å². The number of rotatable bonds is 7. The molecule has 0 bridgehead atoms. The Morgan fingerprint density at radius 3 is 2.41 bits per heavy atom. The van der Waals surface area contributed by atoms with Crippen LogP contribution < -0.4 is 9.62 Å². The van der Waals surface area contributed by atoms with Gasteiger partial charge in [-0.15, -0.1) is 0 Å². The van der Waals surface area contributed by atoms with Gasteiger partial charge in [-0.05, 0) is 54.8 Å². The van der Waals surface area contributed by atoms with Crippen molar-refractivity contribution in [2.24, 2.45) is 5.92 Å². The minimum absolute atomic E-state index is 0.0762. The molecule has 5 nitrogen and oxygen atoms in total. The first-order valence-corrected chi connectivity index (χ1v) is 10.3. The molecule has 0 spiro atoms. The normalized spacial score (nSPS) is 11.5. The molecular weight excluding hydrogens is 391 g/mol. The molecule has 2 rings (SSSR count). The van der Waals surface area contributed by atoms with E-state index in [2.05, 4.69) is 5.32 Å². The lowest BCUT2D eigenvalue weighted by molar-refractivity contribution is 0.0952. The predicted molar refractivity (Wildman–Crippen MR) is 105 cm³/mol. The molecule has 0 radical (unpaired) electrons.